The van der Waals surface area contributed by atoms with Gasteiger partial charge in [-0.05, 0) is 13.3 Å². The average Bonchev–Trinajstić information content (AvgIpc) is 2.87. The Bertz CT molecular complexity index is 342. The third-order valence-corrected chi connectivity index (χ3v) is 3.96. The van der Waals surface area contributed by atoms with Gasteiger partial charge in [0.05, 0.1) is 11.8 Å². The Kier molecular flexibility index (Phi) is 3.91. The molecule has 2 atom stereocenters. The molecule has 1 fully saturated rings. The summed E-state index contributed by atoms with van der Waals surface area (Å²) in [7, 11) is 1.70. The monoisotopic (exact) mass is 242 g/mol. The minimum Gasteiger partial charge on any atom is -0.392 e. The number of hydrogen-bond acceptors (Lipinski definition) is 5. The Hall–Kier alpha value is -0.490. The molecule has 0 aliphatic carbocycles. The zero-order valence-electron chi connectivity index (χ0n) is 9.72. The van der Waals surface area contributed by atoms with E-state index in [4.69, 9.17) is 4.74 Å². The number of likely N-dealkylation sites (tertiary alicyclic amines) is 1. The Morgan fingerprint density at radius 1 is 1.75 bits per heavy atom. The Balaban J connectivity index is 1.92. The fraction of sp³-hybridized carbons (Fsp3) is 0.727. The van der Waals surface area contributed by atoms with Gasteiger partial charge < -0.3 is 9.84 Å². The van der Waals surface area contributed by atoms with Crippen LogP contribution in [0.2, 0.25) is 0 Å². The minimum absolute atomic E-state index is 0.0721. The van der Waals surface area contributed by atoms with Crippen molar-refractivity contribution < 1.29 is 9.84 Å². The van der Waals surface area contributed by atoms with E-state index in [1.165, 1.54) is 0 Å². The Morgan fingerprint density at radius 2 is 2.56 bits per heavy atom. The molecule has 1 saturated heterocycles. The van der Waals surface area contributed by atoms with Gasteiger partial charge in [0.25, 0.3) is 0 Å². The van der Waals surface area contributed by atoms with Gasteiger partial charge >= 0.3 is 0 Å². The number of β-amino-alcohol motifs (C(OH)–C–C–N with tert-alkyl or cyclic N) is 1. The van der Waals surface area contributed by atoms with Crippen molar-refractivity contribution in [3.8, 4) is 0 Å². The van der Waals surface area contributed by atoms with Crippen molar-refractivity contribution in [2.45, 2.75) is 32.1 Å². The first kappa shape index (κ1) is 12.0. The number of rotatable bonds is 4. The smallest absolute Gasteiger partial charge is 0.122 e. The molecule has 2 rings (SSSR count). The van der Waals surface area contributed by atoms with Gasteiger partial charge in [0.2, 0.25) is 0 Å². The van der Waals surface area contributed by atoms with Gasteiger partial charge in [0.15, 0.2) is 0 Å². The molecule has 1 N–H and O–H groups in total. The van der Waals surface area contributed by atoms with Gasteiger partial charge in [0.1, 0.15) is 11.1 Å². The molecule has 1 aliphatic rings. The molecule has 0 bridgehead atoms. The minimum atomic E-state index is -0.156. The Labute approximate surface area is 99.9 Å². The predicted octanol–water partition coefficient (Wildman–Crippen LogP) is 1.42. The molecular formula is C11H18N2O2S. The molecule has 0 amide bonds. The molecule has 16 heavy (non-hydrogen) atoms. The van der Waals surface area contributed by atoms with Crippen LogP contribution in [0.4, 0.5) is 0 Å². The highest BCUT2D eigenvalue weighted by molar-refractivity contribution is 7.09. The summed E-state index contributed by atoms with van der Waals surface area (Å²) in [5.74, 6) is 0. The summed E-state index contributed by atoms with van der Waals surface area (Å²) in [5, 5.41) is 12.5. The molecule has 4 nitrogen and oxygen atoms in total. The van der Waals surface area contributed by atoms with E-state index >= 15 is 0 Å². The van der Waals surface area contributed by atoms with Crippen molar-refractivity contribution in [1.29, 1.82) is 0 Å². The van der Waals surface area contributed by atoms with Crippen LogP contribution in [0.5, 0.6) is 0 Å². The van der Waals surface area contributed by atoms with E-state index in [9.17, 15) is 5.11 Å². The van der Waals surface area contributed by atoms with Crippen molar-refractivity contribution in [2.75, 3.05) is 20.2 Å². The molecule has 0 saturated carbocycles. The fourth-order valence-corrected chi connectivity index (χ4v) is 2.71. The summed E-state index contributed by atoms with van der Waals surface area (Å²) >= 11 is 1.64. The summed E-state index contributed by atoms with van der Waals surface area (Å²) in [5.41, 5.74) is 1.08. The number of thiazole rings is 1. The molecule has 0 aromatic carbocycles. The van der Waals surface area contributed by atoms with Crippen LogP contribution in [0.3, 0.4) is 0 Å². The lowest BCUT2D eigenvalue weighted by Gasteiger charge is -2.12. The highest BCUT2D eigenvalue weighted by atomic mass is 32.1. The van der Waals surface area contributed by atoms with Gasteiger partial charge in [-0.2, -0.15) is 0 Å². The van der Waals surface area contributed by atoms with Crippen molar-refractivity contribution in [2.24, 2.45) is 0 Å². The first-order valence-electron chi connectivity index (χ1n) is 5.56. The second-order valence-electron chi connectivity index (χ2n) is 4.23. The fourth-order valence-electron chi connectivity index (χ4n) is 1.87. The number of ether oxygens (including phenoxy) is 1. The number of aliphatic hydroxyl groups is 1. The van der Waals surface area contributed by atoms with E-state index < -0.39 is 0 Å². The van der Waals surface area contributed by atoms with Gasteiger partial charge in [-0.25, -0.2) is 4.98 Å². The van der Waals surface area contributed by atoms with Crippen LogP contribution in [-0.2, 0) is 11.3 Å². The lowest BCUT2D eigenvalue weighted by atomic mass is 10.3. The maximum Gasteiger partial charge on any atom is 0.122 e. The molecule has 1 aromatic rings. The van der Waals surface area contributed by atoms with Crippen molar-refractivity contribution in [3.63, 3.8) is 0 Å². The summed E-state index contributed by atoms with van der Waals surface area (Å²) in [6, 6.07) is 0. The molecule has 2 unspecified atom stereocenters. The first-order chi connectivity index (χ1) is 7.69. The molecule has 5 heteroatoms. The molecular weight excluding hydrogens is 224 g/mol. The number of aliphatic hydroxyl groups excluding tert-OH is 1. The molecule has 90 valence electrons. The van der Waals surface area contributed by atoms with E-state index in [1.54, 1.807) is 18.4 Å². The van der Waals surface area contributed by atoms with Gasteiger partial charge in [-0.1, -0.05) is 0 Å². The zero-order chi connectivity index (χ0) is 11.5. The van der Waals surface area contributed by atoms with Gasteiger partial charge in [0, 0.05) is 32.1 Å². The quantitative estimate of drug-likeness (QED) is 0.867. The van der Waals surface area contributed by atoms with E-state index in [2.05, 4.69) is 15.3 Å². The summed E-state index contributed by atoms with van der Waals surface area (Å²) in [4.78, 5) is 6.78. The normalized spacial score (nSPS) is 23.8. The first-order valence-corrected chi connectivity index (χ1v) is 6.44. The van der Waals surface area contributed by atoms with Crippen LogP contribution < -0.4 is 0 Å². The molecule has 2 heterocycles. The third-order valence-electron chi connectivity index (χ3n) is 2.90. The van der Waals surface area contributed by atoms with E-state index in [0.717, 1.165) is 36.8 Å². The molecule has 1 aromatic heterocycles. The SMILES string of the molecule is COC(C)c1nc(CN2CCC(O)C2)cs1. The third kappa shape index (κ3) is 2.79. The van der Waals surface area contributed by atoms with Crippen LogP contribution in [0.15, 0.2) is 5.38 Å². The van der Waals surface area contributed by atoms with Crippen molar-refractivity contribution in [1.82, 2.24) is 9.88 Å². The van der Waals surface area contributed by atoms with Gasteiger partial charge in [-0.3, -0.25) is 4.90 Å². The topological polar surface area (TPSA) is 45.6 Å². The van der Waals surface area contributed by atoms with Crippen LogP contribution in [0.25, 0.3) is 0 Å². The predicted molar refractivity (Wildman–Crippen MR) is 63.4 cm³/mol. The maximum absolute atomic E-state index is 9.43. The summed E-state index contributed by atoms with van der Waals surface area (Å²) in [6.45, 7) is 4.58. The van der Waals surface area contributed by atoms with Crippen LogP contribution >= 0.6 is 11.3 Å². The number of hydrogen-bond donors (Lipinski definition) is 1. The lowest BCUT2D eigenvalue weighted by Crippen LogP contribution is -2.21. The lowest BCUT2D eigenvalue weighted by molar-refractivity contribution is 0.119. The second-order valence-corrected chi connectivity index (χ2v) is 5.12. The van der Waals surface area contributed by atoms with Gasteiger partial charge in [-0.15, -0.1) is 11.3 Å². The second kappa shape index (κ2) is 5.23. The zero-order valence-corrected chi connectivity index (χ0v) is 10.5. The standard InChI is InChI=1S/C11H18N2O2S/c1-8(15-2)11-12-9(7-16-11)5-13-4-3-10(14)6-13/h7-8,10,14H,3-6H2,1-2H3. The van der Waals surface area contributed by atoms with Crippen molar-refractivity contribution in [3.05, 3.63) is 16.1 Å². The summed E-state index contributed by atoms with van der Waals surface area (Å²) < 4.78 is 5.23. The molecule has 1 aliphatic heterocycles. The Morgan fingerprint density at radius 3 is 3.19 bits per heavy atom. The van der Waals surface area contributed by atoms with E-state index in [0.29, 0.717) is 0 Å². The van der Waals surface area contributed by atoms with Crippen LogP contribution in [0, 0.1) is 0 Å². The summed E-state index contributed by atoms with van der Waals surface area (Å²) in [6.07, 6.45) is 0.796. The molecule has 0 spiro atoms. The largest absolute Gasteiger partial charge is 0.392 e. The highest BCUT2D eigenvalue weighted by Gasteiger charge is 2.21. The van der Waals surface area contributed by atoms with Crippen molar-refractivity contribution >= 4 is 11.3 Å². The van der Waals surface area contributed by atoms with E-state index in [1.807, 2.05) is 6.92 Å². The van der Waals surface area contributed by atoms with Crippen LogP contribution in [0.1, 0.15) is 30.2 Å². The number of nitrogens with zero attached hydrogens (tertiary/aromatic N) is 2. The van der Waals surface area contributed by atoms with Crippen LogP contribution in [-0.4, -0.2) is 41.3 Å². The number of aromatic nitrogens is 1. The molecule has 0 radical (unpaired) electrons. The average molecular weight is 242 g/mol. The van der Waals surface area contributed by atoms with E-state index in [-0.39, 0.29) is 12.2 Å². The maximum atomic E-state index is 9.43. The highest BCUT2D eigenvalue weighted by Crippen LogP contribution is 2.22. The number of methoxy groups -OCH3 is 1.